The van der Waals surface area contributed by atoms with E-state index in [4.69, 9.17) is 4.84 Å². The maximum absolute atomic E-state index is 5.65. The molecule has 122 valence electrons. The normalized spacial score (nSPS) is 10.7. The fraction of sp³-hybridized carbons (Fsp3) is 0.0500. The number of pyridine rings is 1. The van der Waals surface area contributed by atoms with Gasteiger partial charge in [0.2, 0.25) is 0 Å². The van der Waals surface area contributed by atoms with Crippen molar-refractivity contribution >= 4 is 16.7 Å². The van der Waals surface area contributed by atoms with Crippen LogP contribution in [0.5, 0.6) is 0 Å². The first kappa shape index (κ1) is 15.2. The Balaban J connectivity index is 1.64. The summed E-state index contributed by atoms with van der Waals surface area (Å²) in [6.45, 7) is 0.448. The molecule has 25 heavy (non-hydrogen) atoms. The molecular formula is C20H16N4O. The highest BCUT2D eigenvalue weighted by atomic mass is 16.6. The molecule has 2 aromatic carbocycles. The minimum atomic E-state index is 0.448. The lowest BCUT2D eigenvalue weighted by Gasteiger charge is -2.11. The summed E-state index contributed by atoms with van der Waals surface area (Å²) in [5.41, 5.74) is 5.83. The second kappa shape index (κ2) is 7.07. The molecule has 0 aliphatic rings. The molecule has 2 heterocycles. The molecule has 4 rings (SSSR count). The first-order chi connectivity index (χ1) is 12.4. The number of fused-ring (bicyclic) bond motifs is 1. The van der Waals surface area contributed by atoms with Gasteiger partial charge >= 0.3 is 0 Å². The molecule has 0 radical (unpaired) electrons. The van der Waals surface area contributed by atoms with Gasteiger partial charge in [0, 0.05) is 23.3 Å². The molecule has 0 spiro atoms. The smallest absolute Gasteiger partial charge is 0.162 e. The van der Waals surface area contributed by atoms with Crippen LogP contribution in [0.1, 0.15) is 5.56 Å². The van der Waals surface area contributed by atoms with Gasteiger partial charge in [-0.25, -0.2) is 15.4 Å². The molecule has 2 aromatic heterocycles. The van der Waals surface area contributed by atoms with Crippen molar-refractivity contribution in [2.45, 2.75) is 6.61 Å². The van der Waals surface area contributed by atoms with Crippen molar-refractivity contribution in [2.75, 3.05) is 5.48 Å². The minimum absolute atomic E-state index is 0.448. The molecule has 1 N–H and O–H groups in total. The zero-order valence-electron chi connectivity index (χ0n) is 13.5. The molecule has 0 bridgehead atoms. The van der Waals surface area contributed by atoms with Crippen LogP contribution in [0.4, 0.5) is 5.82 Å². The molecule has 0 saturated carbocycles. The minimum Gasteiger partial charge on any atom is -0.270 e. The monoisotopic (exact) mass is 328 g/mol. The van der Waals surface area contributed by atoms with Crippen molar-refractivity contribution in [2.24, 2.45) is 0 Å². The summed E-state index contributed by atoms with van der Waals surface area (Å²) in [5.74, 6) is 1.28. The van der Waals surface area contributed by atoms with Crippen LogP contribution < -0.4 is 5.48 Å². The van der Waals surface area contributed by atoms with Crippen molar-refractivity contribution in [3.63, 3.8) is 0 Å². The molecule has 5 heteroatoms. The molecule has 0 aliphatic carbocycles. The molecule has 0 atom stereocenters. The maximum atomic E-state index is 5.65. The summed E-state index contributed by atoms with van der Waals surface area (Å²) >= 11 is 0. The summed E-state index contributed by atoms with van der Waals surface area (Å²) in [4.78, 5) is 19.0. The van der Waals surface area contributed by atoms with Crippen LogP contribution in [0, 0.1) is 0 Å². The van der Waals surface area contributed by atoms with Gasteiger partial charge in [-0.15, -0.1) is 0 Å². The van der Waals surface area contributed by atoms with Crippen LogP contribution in [0.3, 0.4) is 0 Å². The Morgan fingerprint density at radius 3 is 2.40 bits per heavy atom. The second-order valence-electron chi connectivity index (χ2n) is 5.53. The summed E-state index contributed by atoms with van der Waals surface area (Å²) in [7, 11) is 0. The quantitative estimate of drug-likeness (QED) is 0.555. The Hall–Kier alpha value is -3.31. The van der Waals surface area contributed by atoms with Crippen molar-refractivity contribution in [3.8, 4) is 11.4 Å². The van der Waals surface area contributed by atoms with Gasteiger partial charge in [-0.2, -0.15) is 0 Å². The van der Waals surface area contributed by atoms with E-state index in [0.717, 1.165) is 22.0 Å². The highest BCUT2D eigenvalue weighted by molar-refractivity contribution is 5.90. The number of nitrogens with one attached hydrogen (secondary N) is 1. The Kier molecular flexibility index (Phi) is 4.31. The number of nitrogens with zero attached hydrogens (tertiary/aromatic N) is 3. The van der Waals surface area contributed by atoms with Gasteiger partial charge in [-0.05, 0) is 29.8 Å². The van der Waals surface area contributed by atoms with Crippen LogP contribution >= 0.6 is 0 Å². The van der Waals surface area contributed by atoms with E-state index < -0.39 is 0 Å². The van der Waals surface area contributed by atoms with E-state index in [0.29, 0.717) is 18.2 Å². The maximum Gasteiger partial charge on any atom is 0.162 e. The van der Waals surface area contributed by atoms with Crippen molar-refractivity contribution in [3.05, 3.63) is 84.7 Å². The van der Waals surface area contributed by atoms with Crippen molar-refractivity contribution < 1.29 is 4.84 Å². The van der Waals surface area contributed by atoms with E-state index in [-0.39, 0.29) is 0 Å². The lowest BCUT2D eigenvalue weighted by Crippen LogP contribution is -2.05. The summed E-state index contributed by atoms with van der Waals surface area (Å²) in [6.07, 6.45) is 3.46. The predicted octanol–water partition coefficient (Wildman–Crippen LogP) is 4.24. The van der Waals surface area contributed by atoms with E-state index in [1.165, 1.54) is 0 Å². The van der Waals surface area contributed by atoms with Crippen LogP contribution in [0.15, 0.2) is 79.1 Å². The molecule has 4 aromatic rings. The lowest BCUT2D eigenvalue weighted by molar-refractivity contribution is 0.179. The van der Waals surface area contributed by atoms with Gasteiger partial charge in [0.1, 0.15) is 0 Å². The van der Waals surface area contributed by atoms with Crippen molar-refractivity contribution in [1.82, 2.24) is 15.0 Å². The number of anilines is 1. The average Bonchev–Trinajstić information content (AvgIpc) is 2.69. The number of rotatable bonds is 5. The number of aromatic nitrogens is 3. The third-order valence-corrected chi connectivity index (χ3v) is 3.79. The lowest BCUT2D eigenvalue weighted by atomic mass is 10.2. The molecule has 5 nitrogen and oxygen atoms in total. The van der Waals surface area contributed by atoms with Gasteiger partial charge in [-0.3, -0.25) is 9.82 Å². The van der Waals surface area contributed by atoms with Gasteiger partial charge < -0.3 is 0 Å². The molecule has 0 aliphatic heterocycles. The van der Waals surface area contributed by atoms with Crippen LogP contribution in [-0.4, -0.2) is 15.0 Å². The van der Waals surface area contributed by atoms with E-state index in [1.54, 1.807) is 12.4 Å². The van der Waals surface area contributed by atoms with E-state index in [9.17, 15) is 0 Å². The van der Waals surface area contributed by atoms with Gasteiger partial charge in [0.15, 0.2) is 11.6 Å². The Bertz CT molecular complexity index is 974. The molecule has 0 amide bonds. The van der Waals surface area contributed by atoms with Gasteiger partial charge in [-0.1, -0.05) is 42.5 Å². The largest absolute Gasteiger partial charge is 0.270 e. The number of hydrogen-bond donors (Lipinski definition) is 1. The topological polar surface area (TPSA) is 59.9 Å². The van der Waals surface area contributed by atoms with Crippen LogP contribution in [0.2, 0.25) is 0 Å². The molecule has 0 fully saturated rings. The molecular weight excluding hydrogens is 312 g/mol. The Morgan fingerprint density at radius 2 is 1.56 bits per heavy atom. The number of para-hydroxylation sites is 1. The van der Waals surface area contributed by atoms with E-state index in [2.05, 4.69) is 20.4 Å². The molecule has 0 unspecified atom stereocenters. The third-order valence-electron chi connectivity index (χ3n) is 3.79. The summed E-state index contributed by atoms with van der Waals surface area (Å²) in [6, 6.07) is 21.6. The van der Waals surface area contributed by atoms with E-state index >= 15 is 0 Å². The Morgan fingerprint density at radius 1 is 0.800 bits per heavy atom. The summed E-state index contributed by atoms with van der Waals surface area (Å²) < 4.78 is 0. The zero-order chi connectivity index (χ0) is 16.9. The van der Waals surface area contributed by atoms with Crippen LogP contribution in [0.25, 0.3) is 22.3 Å². The van der Waals surface area contributed by atoms with Crippen LogP contribution in [-0.2, 0) is 11.4 Å². The fourth-order valence-corrected chi connectivity index (χ4v) is 2.55. The number of benzene rings is 2. The highest BCUT2D eigenvalue weighted by Crippen LogP contribution is 2.24. The predicted molar refractivity (Wildman–Crippen MR) is 97.6 cm³/mol. The summed E-state index contributed by atoms with van der Waals surface area (Å²) in [5, 5.41) is 0.911. The third kappa shape index (κ3) is 3.46. The average molecular weight is 328 g/mol. The first-order valence-electron chi connectivity index (χ1n) is 7.99. The molecule has 0 saturated heterocycles. The van der Waals surface area contributed by atoms with E-state index in [1.807, 2.05) is 66.7 Å². The van der Waals surface area contributed by atoms with Gasteiger partial charge in [0.05, 0.1) is 12.1 Å². The standard InChI is InChI=1S/C20H16N4O/c1-2-6-15(7-3-1)14-25-24-20-17-8-4-5-9-18(17)22-19(23-20)16-10-12-21-13-11-16/h1-13H,14H2,(H,22,23,24). The number of hydrogen-bond acceptors (Lipinski definition) is 5. The Labute approximate surface area is 145 Å². The first-order valence-corrected chi connectivity index (χ1v) is 7.99. The second-order valence-corrected chi connectivity index (χ2v) is 5.53. The SMILES string of the molecule is c1ccc(CONc2nc(-c3ccncc3)nc3ccccc23)cc1. The zero-order valence-corrected chi connectivity index (χ0v) is 13.5. The fourth-order valence-electron chi connectivity index (χ4n) is 2.55. The van der Waals surface area contributed by atoms with Gasteiger partial charge in [0.25, 0.3) is 0 Å². The van der Waals surface area contributed by atoms with Crippen molar-refractivity contribution in [1.29, 1.82) is 0 Å². The highest BCUT2D eigenvalue weighted by Gasteiger charge is 2.09.